The molecule has 1 aromatic rings. The molecule has 1 saturated heterocycles. The fourth-order valence-corrected chi connectivity index (χ4v) is 2.01. The summed E-state index contributed by atoms with van der Waals surface area (Å²) in [4.78, 5) is 2.20. The molecule has 1 heterocycles. The van der Waals surface area contributed by atoms with Gasteiger partial charge in [-0.15, -0.1) is 0 Å². The smallest absolute Gasteiger partial charge is 0.161 e. The third kappa shape index (κ3) is 5.64. The molecule has 0 amide bonds. The fraction of sp³-hybridized carbons (Fsp3) is 0.538. The molecule has 0 aromatic heterocycles. The molecule has 0 radical (unpaired) electrons. The molecule has 6 heteroatoms. The van der Waals surface area contributed by atoms with Crippen LogP contribution in [0.3, 0.4) is 0 Å². The Morgan fingerprint density at radius 3 is 2.63 bits per heavy atom. The van der Waals surface area contributed by atoms with Crippen LogP contribution in [-0.4, -0.2) is 60.5 Å². The van der Waals surface area contributed by atoms with Crippen molar-refractivity contribution in [1.82, 2.24) is 10.2 Å². The van der Waals surface area contributed by atoms with Gasteiger partial charge in [0.1, 0.15) is 12.7 Å². The first kappa shape index (κ1) is 16.7. The van der Waals surface area contributed by atoms with E-state index < -0.39 is 6.10 Å². The third-order valence-corrected chi connectivity index (χ3v) is 2.98. The number of hydrogen-bond acceptors (Lipinski definition) is 5. The van der Waals surface area contributed by atoms with Crippen LogP contribution in [0, 0.1) is 0 Å². The minimum atomic E-state index is -0.539. The van der Waals surface area contributed by atoms with Crippen molar-refractivity contribution < 1.29 is 42.2 Å². The van der Waals surface area contributed by atoms with E-state index in [2.05, 4.69) is 10.2 Å². The quantitative estimate of drug-likeness (QED) is 0.644. The second-order valence-corrected chi connectivity index (χ2v) is 4.48. The molecule has 1 unspecified atom stereocenters. The summed E-state index contributed by atoms with van der Waals surface area (Å²) in [7, 11) is 0. The molecule has 19 heavy (non-hydrogen) atoms. The van der Waals surface area contributed by atoms with Crippen molar-refractivity contribution in [2.24, 2.45) is 0 Å². The van der Waals surface area contributed by atoms with Gasteiger partial charge in [0.25, 0.3) is 0 Å². The summed E-state index contributed by atoms with van der Waals surface area (Å²) in [5.74, 6) is 0.517. The molecular formula is C13H20CdN2O3. The van der Waals surface area contributed by atoms with Gasteiger partial charge in [0, 0.05) is 60.0 Å². The van der Waals surface area contributed by atoms with Crippen molar-refractivity contribution in [3.63, 3.8) is 0 Å². The Kier molecular flexibility index (Phi) is 7.66. The number of hydrogen-bond donors (Lipinski definition) is 3. The van der Waals surface area contributed by atoms with Crippen molar-refractivity contribution in [3.8, 4) is 11.5 Å². The summed E-state index contributed by atoms with van der Waals surface area (Å²) in [6.07, 6.45) is -0.539. The number of phenols is 1. The monoisotopic (exact) mass is 366 g/mol. The van der Waals surface area contributed by atoms with E-state index >= 15 is 0 Å². The molecule has 1 aliphatic rings. The maximum absolute atomic E-state index is 9.88. The summed E-state index contributed by atoms with van der Waals surface area (Å²) >= 11 is 0. The Labute approximate surface area is 133 Å². The van der Waals surface area contributed by atoms with Gasteiger partial charge in [-0.25, -0.2) is 0 Å². The average Bonchev–Trinajstić information content (AvgIpc) is 2.39. The zero-order valence-corrected chi connectivity index (χ0v) is 15.1. The molecule has 1 fully saturated rings. The van der Waals surface area contributed by atoms with Crippen molar-refractivity contribution in [1.29, 1.82) is 0 Å². The molecule has 5 nitrogen and oxygen atoms in total. The maximum atomic E-state index is 9.88. The first-order valence-electron chi connectivity index (χ1n) is 6.27. The van der Waals surface area contributed by atoms with Gasteiger partial charge < -0.3 is 20.3 Å². The summed E-state index contributed by atoms with van der Waals surface area (Å²) in [6.45, 7) is 4.64. The van der Waals surface area contributed by atoms with Crippen LogP contribution in [-0.2, 0) is 27.3 Å². The number of para-hydroxylation sites is 2. The maximum Gasteiger partial charge on any atom is 0.161 e. The number of β-amino-alcohol motifs (C(OH)–C–C–N with tert-alkyl or cyclic N) is 1. The van der Waals surface area contributed by atoms with Gasteiger partial charge in [0.2, 0.25) is 0 Å². The van der Waals surface area contributed by atoms with Crippen molar-refractivity contribution >= 4 is 0 Å². The van der Waals surface area contributed by atoms with E-state index in [1.165, 1.54) is 0 Å². The van der Waals surface area contributed by atoms with E-state index in [-0.39, 0.29) is 39.7 Å². The average molecular weight is 365 g/mol. The van der Waals surface area contributed by atoms with Crippen LogP contribution in [0.15, 0.2) is 24.3 Å². The van der Waals surface area contributed by atoms with Crippen LogP contribution in [0.2, 0.25) is 0 Å². The molecule has 1 aliphatic heterocycles. The summed E-state index contributed by atoms with van der Waals surface area (Å²) in [5, 5.41) is 22.7. The Morgan fingerprint density at radius 2 is 1.95 bits per heavy atom. The molecule has 3 N–H and O–H groups in total. The number of nitrogens with one attached hydrogen (secondary N) is 1. The number of aromatic hydroxyl groups is 1. The molecule has 1 atom stereocenters. The van der Waals surface area contributed by atoms with E-state index in [9.17, 15) is 10.2 Å². The topological polar surface area (TPSA) is 65.0 Å². The van der Waals surface area contributed by atoms with Gasteiger partial charge in [0.05, 0.1) is 0 Å². The van der Waals surface area contributed by atoms with Crippen LogP contribution in [0.1, 0.15) is 0 Å². The Balaban J connectivity index is 0.00000180. The van der Waals surface area contributed by atoms with Crippen LogP contribution >= 0.6 is 0 Å². The molecule has 2 rings (SSSR count). The zero-order chi connectivity index (χ0) is 12.8. The number of nitrogens with zero attached hydrogens (tertiary/aromatic N) is 1. The van der Waals surface area contributed by atoms with Crippen LogP contribution in [0.5, 0.6) is 11.5 Å². The van der Waals surface area contributed by atoms with Gasteiger partial charge in [-0.2, -0.15) is 0 Å². The van der Waals surface area contributed by atoms with E-state index in [4.69, 9.17) is 4.74 Å². The normalized spacial score (nSPS) is 17.5. The minimum absolute atomic E-state index is 0. The SMILES string of the molecule is Oc1ccccc1OCC(O)CN1CCNCC1.[Cd]. The van der Waals surface area contributed by atoms with Crippen molar-refractivity contribution in [2.45, 2.75) is 6.10 Å². The van der Waals surface area contributed by atoms with Crippen molar-refractivity contribution in [2.75, 3.05) is 39.3 Å². The number of aliphatic hydroxyl groups is 1. The molecule has 0 spiro atoms. The first-order chi connectivity index (χ1) is 8.75. The van der Waals surface area contributed by atoms with E-state index in [1.54, 1.807) is 24.3 Å². The molecule has 0 aliphatic carbocycles. The van der Waals surface area contributed by atoms with Crippen LogP contribution in [0.4, 0.5) is 0 Å². The largest absolute Gasteiger partial charge is 0.504 e. The molecule has 0 bridgehead atoms. The van der Waals surface area contributed by atoms with E-state index in [0.29, 0.717) is 12.3 Å². The number of phenolic OH excluding ortho intramolecular Hbond substituents is 1. The Morgan fingerprint density at radius 1 is 1.26 bits per heavy atom. The summed E-state index contributed by atoms with van der Waals surface area (Å²) < 4.78 is 5.40. The minimum Gasteiger partial charge on any atom is -0.504 e. The third-order valence-electron chi connectivity index (χ3n) is 2.98. The first-order valence-corrected chi connectivity index (χ1v) is 6.27. The van der Waals surface area contributed by atoms with Gasteiger partial charge >= 0.3 is 0 Å². The van der Waals surface area contributed by atoms with Crippen molar-refractivity contribution in [3.05, 3.63) is 24.3 Å². The van der Waals surface area contributed by atoms with E-state index in [1.807, 2.05) is 0 Å². The van der Waals surface area contributed by atoms with Crippen LogP contribution in [0.25, 0.3) is 0 Å². The Bertz CT molecular complexity index is 373. The predicted octanol–water partition coefficient (Wildman–Crippen LogP) is 0.0346. The fourth-order valence-electron chi connectivity index (χ4n) is 2.01. The zero-order valence-electron chi connectivity index (χ0n) is 11.1. The Hall–Kier alpha value is -0.378. The molecule has 0 saturated carbocycles. The van der Waals surface area contributed by atoms with Gasteiger partial charge in [0.15, 0.2) is 11.5 Å². The predicted molar refractivity (Wildman–Crippen MR) is 68.9 cm³/mol. The van der Waals surface area contributed by atoms with Gasteiger partial charge in [-0.05, 0) is 12.1 Å². The number of piperazine rings is 1. The van der Waals surface area contributed by atoms with E-state index in [0.717, 1.165) is 26.2 Å². The molecular weight excluding hydrogens is 345 g/mol. The van der Waals surface area contributed by atoms with Gasteiger partial charge in [-0.3, -0.25) is 4.90 Å². The number of ether oxygens (including phenoxy) is 1. The standard InChI is InChI=1S/C13H20N2O3.Cd/c16-11(9-15-7-5-14-6-8-15)10-18-13-4-2-1-3-12(13)17;/h1-4,11,14,16-17H,5-10H2;. The second-order valence-electron chi connectivity index (χ2n) is 4.48. The van der Waals surface area contributed by atoms with Gasteiger partial charge in [-0.1, -0.05) is 12.1 Å². The summed E-state index contributed by atoms with van der Waals surface area (Å²) in [6, 6.07) is 6.78. The second kappa shape index (κ2) is 8.73. The van der Waals surface area contributed by atoms with Crippen LogP contribution < -0.4 is 10.1 Å². The summed E-state index contributed by atoms with van der Waals surface area (Å²) in [5.41, 5.74) is 0. The molecule has 1 aromatic carbocycles. The molecule has 102 valence electrons. The number of benzene rings is 1. The number of rotatable bonds is 5. The number of aliphatic hydroxyl groups excluding tert-OH is 1.